The molecule has 0 radical (unpaired) electrons. The molecule has 0 spiro atoms. The topological polar surface area (TPSA) is 12.0 Å². The molecule has 3 fully saturated rings. The second kappa shape index (κ2) is 5.14. The van der Waals surface area contributed by atoms with Gasteiger partial charge in [0.2, 0.25) is 0 Å². The first kappa shape index (κ1) is 13.3. The minimum absolute atomic E-state index is 0.479. The molecule has 3 aliphatic rings. The number of halogens is 1. The van der Waals surface area contributed by atoms with E-state index in [9.17, 15) is 0 Å². The third kappa shape index (κ3) is 2.16. The molecule has 2 bridgehead atoms. The molecule has 6 atom stereocenters. The van der Waals surface area contributed by atoms with Gasteiger partial charge in [0.1, 0.15) is 0 Å². The highest BCUT2D eigenvalue weighted by atomic mass is 79.9. The van der Waals surface area contributed by atoms with Gasteiger partial charge >= 0.3 is 0 Å². The molecule has 0 aliphatic heterocycles. The maximum absolute atomic E-state index is 3.94. The monoisotopic (exact) mass is 333 g/mol. The predicted octanol–water partition coefficient (Wildman–Crippen LogP) is 4.92. The first-order chi connectivity index (χ1) is 9.72. The van der Waals surface area contributed by atoms with Crippen LogP contribution in [0, 0.1) is 23.7 Å². The third-order valence-corrected chi connectivity index (χ3v) is 6.79. The van der Waals surface area contributed by atoms with E-state index in [1.807, 2.05) is 0 Å². The summed E-state index contributed by atoms with van der Waals surface area (Å²) in [7, 11) is 0. The SMILES string of the molecule is CC(NC1CC2CC1C1CCCC21)c1ccc(Br)cc1. The zero-order valence-electron chi connectivity index (χ0n) is 12.2. The van der Waals surface area contributed by atoms with Crippen molar-refractivity contribution in [3.63, 3.8) is 0 Å². The Morgan fingerprint density at radius 2 is 1.80 bits per heavy atom. The van der Waals surface area contributed by atoms with Gasteiger partial charge in [-0.1, -0.05) is 34.5 Å². The van der Waals surface area contributed by atoms with Crippen LogP contribution in [0.25, 0.3) is 0 Å². The quantitative estimate of drug-likeness (QED) is 0.827. The Labute approximate surface area is 130 Å². The van der Waals surface area contributed by atoms with Crippen LogP contribution in [0.1, 0.15) is 50.6 Å². The fourth-order valence-electron chi connectivity index (χ4n) is 5.43. The van der Waals surface area contributed by atoms with E-state index in [0.29, 0.717) is 6.04 Å². The summed E-state index contributed by atoms with van der Waals surface area (Å²) >= 11 is 3.52. The lowest BCUT2D eigenvalue weighted by Gasteiger charge is -2.34. The van der Waals surface area contributed by atoms with Crippen LogP contribution in [0.3, 0.4) is 0 Å². The van der Waals surface area contributed by atoms with Crippen LogP contribution in [0.5, 0.6) is 0 Å². The molecule has 3 saturated carbocycles. The molecule has 6 unspecified atom stereocenters. The Kier molecular flexibility index (Phi) is 3.42. The molecule has 0 saturated heterocycles. The summed E-state index contributed by atoms with van der Waals surface area (Å²) in [5, 5.41) is 3.94. The van der Waals surface area contributed by atoms with Crippen molar-refractivity contribution < 1.29 is 0 Å². The molecule has 1 aromatic carbocycles. The molecule has 0 heterocycles. The number of fused-ring (bicyclic) bond motifs is 5. The molecular formula is C18H24BrN. The Balaban J connectivity index is 1.44. The van der Waals surface area contributed by atoms with Crippen LogP contribution in [0.15, 0.2) is 28.7 Å². The highest BCUT2D eigenvalue weighted by molar-refractivity contribution is 9.10. The lowest BCUT2D eigenvalue weighted by molar-refractivity contribution is 0.200. The molecular weight excluding hydrogens is 310 g/mol. The zero-order chi connectivity index (χ0) is 13.7. The van der Waals surface area contributed by atoms with E-state index in [1.165, 1.54) is 42.1 Å². The maximum Gasteiger partial charge on any atom is 0.0294 e. The van der Waals surface area contributed by atoms with E-state index in [1.54, 1.807) is 0 Å². The summed E-state index contributed by atoms with van der Waals surface area (Å²) in [4.78, 5) is 0. The lowest BCUT2D eigenvalue weighted by Crippen LogP contribution is -2.40. The molecule has 1 N–H and O–H groups in total. The van der Waals surface area contributed by atoms with Gasteiger partial charge in [-0.25, -0.2) is 0 Å². The summed E-state index contributed by atoms with van der Waals surface area (Å²) in [6.45, 7) is 2.32. The average Bonchev–Trinajstić information content (AvgIpc) is 3.11. The Morgan fingerprint density at radius 1 is 1.05 bits per heavy atom. The second-order valence-corrected chi connectivity index (χ2v) is 8.12. The largest absolute Gasteiger partial charge is 0.307 e. The van der Waals surface area contributed by atoms with E-state index in [4.69, 9.17) is 0 Å². The molecule has 4 rings (SSSR count). The van der Waals surface area contributed by atoms with Crippen LogP contribution in [0.4, 0.5) is 0 Å². The fraction of sp³-hybridized carbons (Fsp3) is 0.667. The van der Waals surface area contributed by atoms with Gasteiger partial charge in [-0.3, -0.25) is 0 Å². The van der Waals surface area contributed by atoms with Crippen LogP contribution < -0.4 is 5.32 Å². The van der Waals surface area contributed by atoms with Gasteiger partial charge in [0.25, 0.3) is 0 Å². The van der Waals surface area contributed by atoms with Crippen molar-refractivity contribution in [2.45, 2.75) is 51.1 Å². The van der Waals surface area contributed by atoms with E-state index in [0.717, 1.165) is 29.7 Å². The fourth-order valence-corrected chi connectivity index (χ4v) is 5.69. The predicted molar refractivity (Wildman–Crippen MR) is 86.5 cm³/mol. The van der Waals surface area contributed by atoms with Gasteiger partial charge in [-0.15, -0.1) is 0 Å². The molecule has 0 aromatic heterocycles. The van der Waals surface area contributed by atoms with Crippen molar-refractivity contribution in [2.75, 3.05) is 0 Å². The molecule has 1 aromatic rings. The summed E-state index contributed by atoms with van der Waals surface area (Å²) in [6, 6.07) is 10.0. The lowest BCUT2D eigenvalue weighted by atomic mass is 9.79. The number of hydrogen-bond donors (Lipinski definition) is 1. The number of benzene rings is 1. The number of hydrogen-bond acceptors (Lipinski definition) is 1. The highest BCUT2D eigenvalue weighted by Crippen LogP contribution is 2.58. The number of rotatable bonds is 3. The maximum atomic E-state index is 3.94. The van der Waals surface area contributed by atoms with Gasteiger partial charge < -0.3 is 5.32 Å². The smallest absolute Gasteiger partial charge is 0.0294 e. The van der Waals surface area contributed by atoms with Crippen LogP contribution in [0.2, 0.25) is 0 Å². The van der Waals surface area contributed by atoms with Crippen molar-refractivity contribution in [3.05, 3.63) is 34.3 Å². The standard InChI is InChI=1S/C18H24BrN/c1-11(12-5-7-14(19)8-6-12)20-18-10-13-9-17(18)16-4-2-3-15(13)16/h5-8,11,13,15-18,20H,2-4,9-10H2,1H3. The van der Waals surface area contributed by atoms with Crippen LogP contribution in [-0.4, -0.2) is 6.04 Å². The van der Waals surface area contributed by atoms with Gasteiger partial charge in [-0.2, -0.15) is 0 Å². The van der Waals surface area contributed by atoms with Crippen molar-refractivity contribution in [1.29, 1.82) is 0 Å². The van der Waals surface area contributed by atoms with Crippen LogP contribution in [-0.2, 0) is 0 Å². The van der Waals surface area contributed by atoms with Crippen molar-refractivity contribution in [1.82, 2.24) is 5.32 Å². The summed E-state index contributed by atoms with van der Waals surface area (Å²) in [6.07, 6.45) is 7.49. The van der Waals surface area contributed by atoms with Gasteiger partial charge in [0.05, 0.1) is 0 Å². The van der Waals surface area contributed by atoms with E-state index in [-0.39, 0.29) is 0 Å². The van der Waals surface area contributed by atoms with Crippen molar-refractivity contribution in [2.24, 2.45) is 23.7 Å². The number of nitrogens with one attached hydrogen (secondary N) is 1. The summed E-state index contributed by atoms with van der Waals surface area (Å²) in [5.41, 5.74) is 1.42. The van der Waals surface area contributed by atoms with E-state index >= 15 is 0 Å². The molecule has 0 amide bonds. The summed E-state index contributed by atoms with van der Waals surface area (Å²) < 4.78 is 1.17. The molecule has 3 aliphatic carbocycles. The highest BCUT2D eigenvalue weighted by Gasteiger charge is 2.53. The minimum atomic E-state index is 0.479. The molecule has 20 heavy (non-hydrogen) atoms. The first-order valence-corrected chi connectivity index (χ1v) is 9.03. The van der Waals surface area contributed by atoms with Crippen LogP contribution >= 0.6 is 15.9 Å². The summed E-state index contributed by atoms with van der Waals surface area (Å²) in [5.74, 6) is 4.18. The van der Waals surface area contributed by atoms with E-state index < -0.39 is 0 Å². The third-order valence-electron chi connectivity index (χ3n) is 6.26. The molecule has 1 nitrogen and oxygen atoms in total. The molecule has 108 valence electrons. The first-order valence-electron chi connectivity index (χ1n) is 8.24. The second-order valence-electron chi connectivity index (χ2n) is 7.20. The normalized spacial score (nSPS) is 40.0. The van der Waals surface area contributed by atoms with Gasteiger partial charge in [0.15, 0.2) is 0 Å². The Bertz CT molecular complexity index is 483. The average molecular weight is 334 g/mol. The Hall–Kier alpha value is -0.340. The Morgan fingerprint density at radius 3 is 2.60 bits per heavy atom. The van der Waals surface area contributed by atoms with Gasteiger partial charge in [-0.05, 0) is 74.0 Å². The van der Waals surface area contributed by atoms with Gasteiger partial charge in [0, 0.05) is 16.6 Å². The minimum Gasteiger partial charge on any atom is -0.307 e. The zero-order valence-corrected chi connectivity index (χ0v) is 13.8. The van der Waals surface area contributed by atoms with Crippen molar-refractivity contribution in [3.8, 4) is 0 Å². The van der Waals surface area contributed by atoms with Crippen molar-refractivity contribution >= 4 is 15.9 Å². The van der Waals surface area contributed by atoms with E-state index in [2.05, 4.69) is 52.4 Å². The molecule has 2 heteroatoms.